The summed E-state index contributed by atoms with van der Waals surface area (Å²) in [7, 11) is -4.17. The van der Waals surface area contributed by atoms with Gasteiger partial charge in [0.15, 0.2) is 0 Å². The quantitative estimate of drug-likeness (QED) is 0.455. The lowest BCUT2D eigenvalue weighted by Crippen LogP contribution is -2.45. The van der Waals surface area contributed by atoms with Gasteiger partial charge in [-0.2, -0.15) is 4.31 Å². The Labute approximate surface area is 202 Å². The Hall–Kier alpha value is -2.45. The molecule has 1 amide bonds. The SMILES string of the molecule is C[C@@H]1Cc2ccccc2N1C(=O)CN(Cc1c(F)cccc1Cl)S(=O)(=O)c1ccc(Cl)cc1. The molecular formula is C24H21Cl2FN2O3S. The maximum absolute atomic E-state index is 14.5. The third kappa shape index (κ3) is 4.77. The fraction of sp³-hybridized carbons (Fsp3) is 0.208. The zero-order chi connectivity index (χ0) is 23.8. The van der Waals surface area contributed by atoms with E-state index >= 15 is 0 Å². The first-order valence-electron chi connectivity index (χ1n) is 10.3. The van der Waals surface area contributed by atoms with E-state index in [1.165, 1.54) is 42.5 Å². The van der Waals surface area contributed by atoms with E-state index < -0.39 is 34.8 Å². The topological polar surface area (TPSA) is 57.7 Å². The number of hydrogen-bond donors (Lipinski definition) is 0. The monoisotopic (exact) mass is 506 g/mol. The molecule has 0 aliphatic carbocycles. The van der Waals surface area contributed by atoms with Crippen molar-refractivity contribution < 1.29 is 17.6 Å². The van der Waals surface area contributed by atoms with Gasteiger partial charge in [0.1, 0.15) is 5.82 Å². The van der Waals surface area contributed by atoms with Crippen molar-refractivity contribution >= 4 is 44.8 Å². The standard InChI is InChI=1S/C24H21Cl2FN2O3S/c1-16-13-17-5-2-3-8-23(17)29(16)24(30)15-28(14-20-21(26)6-4-7-22(20)27)33(31,32)19-11-9-18(25)10-12-19/h2-12,16H,13-15H2,1H3/t16-/m1/s1. The molecule has 1 atom stereocenters. The maximum Gasteiger partial charge on any atom is 0.243 e. The Bertz CT molecular complexity index is 1280. The molecule has 1 aliphatic rings. The highest BCUT2D eigenvalue weighted by Gasteiger charge is 2.35. The van der Waals surface area contributed by atoms with Gasteiger partial charge in [-0.25, -0.2) is 12.8 Å². The van der Waals surface area contributed by atoms with Crippen LogP contribution < -0.4 is 4.90 Å². The van der Waals surface area contributed by atoms with Crippen LogP contribution in [0.4, 0.5) is 10.1 Å². The van der Waals surface area contributed by atoms with Crippen LogP contribution in [0.5, 0.6) is 0 Å². The average molecular weight is 507 g/mol. The highest BCUT2D eigenvalue weighted by Crippen LogP contribution is 2.33. The van der Waals surface area contributed by atoms with E-state index in [-0.39, 0.29) is 21.5 Å². The molecule has 0 fully saturated rings. The highest BCUT2D eigenvalue weighted by molar-refractivity contribution is 7.89. The number of anilines is 1. The van der Waals surface area contributed by atoms with Crippen molar-refractivity contribution in [2.24, 2.45) is 0 Å². The number of rotatable bonds is 6. The number of carbonyl (C=O) groups excluding carboxylic acids is 1. The maximum atomic E-state index is 14.5. The number of halogens is 3. The summed E-state index contributed by atoms with van der Waals surface area (Å²) in [4.78, 5) is 14.9. The van der Waals surface area contributed by atoms with Crippen LogP contribution in [-0.2, 0) is 27.8 Å². The normalized spacial score (nSPS) is 15.7. The van der Waals surface area contributed by atoms with Gasteiger partial charge in [0.25, 0.3) is 0 Å². The fourth-order valence-electron chi connectivity index (χ4n) is 4.01. The van der Waals surface area contributed by atoms with Gasteiger partial charge >= 0.3 is 0 Å². The van der Waals surface area contributed by atoms with Crippen molar-refractivity contribution in [3.8, 4) is 0 Å². The lowest BCUT2D eigenvalue weighted by atomic mass is 10.1. The van der Waals surface area contributed by atoms with Gasteiger partial charge in [-0.05, 0) is 61.4 Å². The Morgan fingerprint density at radius 1 is 1.06 bits per heavy atom. The first-order chi connectivity index (χ1) is 15.7. The van der Waals surface area contributed by atoms with E-state index in [1.807, 2.05) is 31.2 Å². The summed E-state index contributed by atoms with van der Waals surface area (Å²) in [6.07, 6.45) is 0.672. The molecule has 5 nitrogen and oxygen atoms in total. The Balaban J connectivity index is 1.71. The molecule has 0 saturated carbocycles. The molecule has 172 valence electrons. The fourth-order valence-corrected chi connectivity index (χ4v) is 5.72. The third-order valence-electron chi connectivity index (χ3n) is 5.64. The minimum atomic E-state index is -4.17. The van der Waals surface area contributed by atoms with Crippen molar-refractivity contribution in [2.75, 3.05) is 11.4 Å². The van der Waals surface area contributed by atoms with E-state index in [0.717, 1.165) is 15.6 Å². The van der Waals surface area contributed by atoms with Crippen molar-refractivity contribution in [2.45, 2.75) is 30.8 Å². The summed E-state index contributed by atoms with van der Waals surface area (Å²) in [6, 6.07) is 17.1. The Morgan fingerprint density at radius 3 is 2.45 bits per heavy atom. The molecule has 0 saturated heterocycles. The van der Waals surface area contributed by atoms with Crippen molar-refractivity contribution in [3.63, 3.8) is 0 Å². The van der Waals surface area contributed by atoms with Gasteiger partial charge in [0, 0.05) is 33.9 Å². The number of benzene rings is 3. The van der Waals surface area contributed by atoms with Crippen molar-refractivity contribution in [3.05, 3.63) is 93.7 Å². The Morgan fingerprint density at radius 2 is 1.76 bits per heavy atom. The third-order valence-corrected chi connectivity index (χ3v) is 8.05. The summed E-state index contributed by atoms with van der Waals surface area (Å²) in [5.41, 5.74) is 1.77. The molecule has 0 unspecified atom stereocenters. The van der Waals surface area contributed by atoms with E-state index in [4.69, 9.17) is 23.2 Å². The van der Waals surface area contributed by atoms with Gasteiger partial charge in [-0.3, -0.25) is 4.79 Å². The molecule has 1 aliphatic heterocycles. The molecular weight excluding hydrogens is 486 g/mol. The van der Waals surface area contributed by atoms with Gasteiger partial charge in [-0.15, -0.1) is 0 Å². The van der Waals surface area contributed by atoms with Crippen LogP contribution in [0.3, 0.4) is 0 Å². The number of nitrogens with zero attached hydrogens (tertiary/aromatic N) is 2. The van der Waals surface area contributed by atoms with E-state index in [0.29, 0.717) is 11.4 Å². The second-order valence-electron chi connectivity index (χ2n) is 7.87. The van der Waals surface area contributed by atoms with E-state index in [9.17, 15) is 17.6 Å². The number of amides is 1. The largest absolute Gasteiger partial charge is 0.308 e. The van der Waals surface area contributed by atoms with Crippen molar-refractivity contribution in [1.82, 2.24) is 4.31 Å². The number of para-hydroxylation sites is 1. The summed E-state index contributed by atoms with van der Waals surface area (Å²) < 4.78 is 42.5. The second kappa shape index (κ2) is 9.43. The molecule has 0 bridgehead atoms. The van der Waals surface area contributed by atoms with Crippen LogP contribution in [0.25, 0.3) is 0 Å². The molecule has 4 rings (SSSR count). The second-order valence-corrected chi connectivity index (χ2v) is 10.7. The molecule has 1 heterocycles. The van der Waals surface area contributed by atoms with Crippen LogP contribution in [0, 0.1) is 5.82 Å². The van der Waals surface area contributed by atoms with Gasteiger partial charge < -0.3 is 4.90 Å². The zero-order valence-corrected chi connectivity index (χ0v) is 20.0. The number of sulfonamides is 1. The minimum Gasteiger partial charge on any atom is -0.308 e. The lowest BCUT2D eigenvalue weighted by molar-refractivity contribution is -0.119. The molecule has 0 aromatic heterocycles. The van der Waals surface area contributed by atoms with Gasteiger partial charge in [0.2, 0.25) is 15.9 Å². The van der Waals surface area contributed by atoms with Crippen molar-refractivity contribution in [1.29, 1.82) is 0 Å². The predicted molar refractivity (Wildman–Crippen MR) is 128 cm³/mol. The molecule has 3 aromatic rings. The molecule has 9 heteroatoms. The average Bonchev–Trinajstić information content (AvgIpc) is 3.11. The molecule has 0 radical (unpaired) electrons. The van der Waals surface area contributed by atoms with Crippen LogP contribution >= 0.6 is 23.2 Å². The first-order valence-corrected chi connectivity index (χ1v) is 12.5. The summed E-state index contributed by atoms with van der Waals surface area (Å²) in [5, 5.41) is 0.454. The minimum absolute atomic E-state index is 0.000578. The lowest BCUT2D eigenvalue weighted by Gasteiger charge is -2.28. The predicted octanol–water partition coefficient (Wildman–Crippen LogP) is 5.30. The van der Waals surface area contributed by atoms with Gasteiger partial charge in [0.05, 0.1) is 11.4 Å². The summed E-state index contributed by atoms with van der Waals surface area (Å²) in [5.74, 6) is -1.05. The first kappa shape index (κ1) is 23.7. The smallest absolute Gasteiger partial charge is 0.243 e. The van der Waals surface area contributed by atoms with E-state index in [2.05, 4.69) is 0 Å². The highest BCUT2D eigenvalue weighted by atomic mass is 35.5. The summed E-state index contributed by atoms with van der Waals surface area (Å²) >= 11 is 12.1. The molecule has 33 heavy (non-hydrogen) atoms. The van der Waals surface area contributed by atoms with Crippen LogP contribution in [-0.4, -0.2) is 31.2 Å². The number of hydrogen-bond acceptors (Lipinski definition) is 3. The van der Waals surface area contributed by atoms with Crippen LogP contribution in [0.15, 0.2) is 71.6 Å². The van der Waals surface area contributed by atoms with Crippen LogP contribution in [0.2, 0.25) is 10.0 Å². The van der Waals surface area contributed by atoms with Gasteiger partial charge in [-0.1, -0.05) is 47.5 Å². The number of carbonyl (C=O) groups is 1. The summed E-state index contributed by atoms with van der Waals surface area (Å²) in [6.45, 7) is 1.03. The van der Waals surface area contributed by atoms with E-state index in [1.54, 1.807) is 4.90 Å². The van der Waals surface area contributed by atoms with Crippen LogP contribution in [0.1, 0.15) is 18.1 Å². The Kier molecular flexibility index (Phi) is 6.77. The molecule has 3 aromatic carbocycles. The number of fused-ring (bicyclic) bond motifs is 1. The zero-order valence-electron chi connectivity index (χ0n) is 17.7. The molecule has 0 spiro atoms. The molecule has 0 N–H and O–H groups in total.